The minimum absolute atomic E-state index is 0.117. The molecule has 3 rings (SSSR count). The number of nitrogens with zero attached hydrogens (tertiary/aromatic N) is 2. The van der Waals surface area contributed by atoms with Crippen molar-refractivity contribution in [3.8, 4) is 17.2 Å². The molecular weight excluding hydrogens is 394 g/mol. The zero-order chi connectivity index (χ0) is 21.7. The van der Waals surface area contributed by atoms with Crippen LogP contribution in [0, 0.1) is 11.6 Å². The van der Waals surface area contributed by atoms with Gasteiger partial charge < -0.3 is 20.1 Å². The van der Waals surface area contributed by atoms with Crippen LogP contribution in [-0.2, 0) is 6.54 Å². The normalized spacial score (nSPS) is 11.6. The summed E-state index contributed by atoms with van der Waals surface area (Å²) in [6.45, 7) is 2.00. The van der Waals surface area contributed by atoms with E-state index < -0.39 is 17.7 Å². The SMILES string of the molecule is COc1ccc(OC)c(C(C)NC(=O)NCc2cnn(-c3ccc(F)cc3F)c2)c1. The molecule has 0 aliphatic carbocycles. The molecule has 30 heavy (non-hydrogen) atoms. The molecule has 1 aromatic heterocycles. The van der Waals surface area contributed by atoms with E-state index in [-0.39, 0.29) is 18.3 Å². The molecule has 2 aromatic carbocycles. The number of carbonyl (C=O) groups excluding carboxylic acids is 1. The molecule has 0 saturated heterocycles. The van der Waals surface area contributed by atoms with Crippen LogP contribution in [0.2, 0.25) is 0 Å². The molecule has 0 spiro atoms. The second-order valence-electron chi connectivity index (χ2n) is 6.55. The molecule has 7 nitrogen and oxygen atoms in total. The van der Waals surface area contributed by atoms with Gasteiger partial charge in [0.05, 0.1) is 26.5 Å². The smallest absolute Gasteiger partial charge is 0.315 e. The maximum Gasteiger partial charge on any atom is 0.315 e. The summed E-state index contributed by atoms with van der Waals surface area (Å²) >= 11 is 0. The number of rotatable bonds is 7. The first kappa shape index (κ1) is 21.1. The molecule has 1 unspecified atom stereocenters. The van der Waals surface area contributed by atoms with Crippen LogP contribution in [0.25, 0.3) is 5.69 Å². The fourth-order valence-corrected chi connectivity index (χ4v) is 2.94. The lowest BCUT2D eigenvalue weighted by Gasteiger charge is -2.18. The van der Waals surface area contributed by atoms with E-state index in [0.717, 1.165) is 17.7 Å². The van der Waals surface area contributed by atoms with Crippen LogP contribution in [0.3, 0.4) is 0 Å². The zero-order valence-corrected chi connectivity index (χ0v) is 16.8. The van der Waals surface area contributed by atoms with Gasteiger partial charge in [-0.15, -0.1) is 0 Å². The Bertz CT molecular complexity index is 1040. The first-order chi connectivity index (χ1) is 14.4. The lowest BCUT2D eigenvalue weighted by molar-refractivity contribution is 0.237. The predicted molar refractivity (Wildman–Crippen MR) is 107 cm³/mol. The number of hydrogen-bond acceptors (Lipinski definition) is 4. The molecule has 0 saturated carbocycles. The lowest BCUT2D eigenvalue weighted by Crippen LogP contribution is -2.36. The van der Waals surface area contributed by atoms with Gasteiger partial charge in [0.15, 0.2) is 5.82 Å². The van der Waals surface area contributed by atoms with Gasteiger partial charge >= 0.3 is 6.03 Å². The molecule has 0 bridgehead atoms. The van der Waals surface area contributed by atoms with Crippen molar-refractivity contribution < 1.29 is 23.0 Å². The molecule has 0 aliphatic heterocycles. The minimum atomic E-state index is -0.726. The molecule has 0 aliphatic rings. The van der Waals surface area contributed by atoms with Crippen molar-refractivity contribution >= 4 is 6.03 Å². The Balaban J connectivity index is 1.61. The van der Waals surface area contributed by atoms with Gasteiger partial charge in [-0.2, -0.15) is 5.10 Å². The Morgan fingerprint density at radius 1 is 1.17 bits per heavy atom. The summed E-state index contributed by atoms with van der Waals surface area (Å²) in [5, 5.41) is 9.61. The number of benzene rings is 2. The second kappa shape index (κ2) is 9.25. The van der Waals surface area contributed by atoms with Gasteiger partial charge in [-0.3, -0.25) is 0 Å². The quantitative estimate of drug-likeness (QED) is 0.615. The molecule has 9 heteroatoms. The van der Waals surface area contributed by atoms with Gasteiger partial charge in [-0.25, -0.2) is 18.3 Å². The van der Waals surface area contributed by atoms with Crippen molar-refractivity contribution in [3.63, 3.8) is 0 Å². The summed E-state index contributed by atoms with van der Waals surface area (Å²) in [6, 6.07) is 7.84. The van der Waals surface area contributed by atoms with Crippen LogP contribution in [0.5, 0.6) is 11.5 Å². The standard InChI is InChI=1S/C21H22F2N4O3/c1-13(17-9-16(29-2)5-7-20(17)30-3)26-21(28)24-10-14-11-25-27(12-14)19-6-4-15(22)8-18(19)23/h4-9,11-13H,10H2,1-3H3,(H2,24,26,28). The molecule has 0 fully saturated rings. The maximum atomic E-state index is 13.9. The van der Waals surface area contributed by atoms with Crippen molar-refractivity contribution in [2.75, 3.05) is 14.2 Å². The number of hydrogen-bond donors (Lipinski definition) is 2. The van der Waals surface area contributed by atoms with Gasteiger partial charge in [-0.1, -0.05) is 0 Å². The average molecular weight is 416 g/mol. The number of amides is 2. The molecule has 158 valence electrons. The van der Waals surface area contributed by atoms with Crippen LogP contribution in [0.1, 0.15) is 24.1 Å². The molecule has 0 radical (unpaired) electrons. The number of aromatic nitrogens is 2. The van der Waals surface area contributed by atoms with E-state index in [2.05, 4.69) is 15.7 Å². The molecule has 2 amide bonds. The minimum Gasteiger partial charge on any atom is -0.497 e. The summed E-state index contributed by atoms with van der Waals surface area (Å²) in [5.41, 5.74) is 1.54. The fourth-order valence-electron chi connectivity index (χ4n) is 2.94. The number of methoxy groups -OCH3 is 2. The van der Waals surface area contributed by atoms with Gasteiger partial charge in [0.2, 0.25) is 0 Å². The second-order valence-corrected chi connectivity index (χ2v) is 6.55. The zero-order valence-electron chi connectivity index (χ0n) is 16.8. The van der Waals surface area contributed by atoms with Gasteiger partial charge in [-0.05, 0) is 37.3 Å². The molecule has 3 aromatic rings. The van der Waals surface area contributed by atoms with E-state index in [9.17, 15) is 13.6 Å². The average Bonchev–Trinajstić information content (AvgIpc) is 3.20. The highest BCUT2D eigenvalue weighted by Crippen LogP contribution is 2.29. The summed E-state index contributed by atoms with van der Waals surface area (Å²) in [5.74, 6) is -0.105. The van der Waals surface area contributed by atoms with Crippen LogP contribution in [0.15, 0.2) is 48.8 Å². The fraction of sp³-hybridized carbons (Fsp3) is 0.238. The van der Waals surface area contributed by atoms with E-state index in [4.69, 9.17) is 9.47 Å². The van der Waals surface area contributed by atoms with Crippen molar-refractivity contribution in [1.29, 1.82) is 0 Å². The van der Waals surface area contributed by atoms with E-state index >= 15 is 0 Å². The van der Waals surface area contributed by atoms with Crippen molar-refractivity contribution in [2.24, 2.45) is 0 Å². The maximum absolute atomic E-state index is 13.9. The van der Waals surface area contributed by atoms with E-state index in [0.29, 0.717) is 17.1 Å². The van der Waals surface area contributed by atoms with Gasteiger partial charge in [0.25, 0.3) is 0 Å². The summed E-state index contributed by atoms with van der Waals surface area (Å²) in [6.07, 6.45) is 3.06. The Kier molecular flexibility index (Phi) is 6.51. The largest absolute Gasteiger partial charge is 0.497 e. The summed E-state index contributed by atoms with van der Waals surface area (Å²) < 4.78 is 38.8. The Morgan fingerprint density at radius 3 is 2.67 bits per heavy atom. The lowest BCUT2D eigenvalue weighted by atomic mass is 10.1. The monoisotopic (exact) mass is 416 g/mol. The molecular formula is C21H22F2N4O3. The van der Waals surface area contributed by atoms with Crippen LogP contribution in [-0.4, -0.2) is 30.0 Å². The predicted octanol–water partition coefficient (Wildman–Crippen LogP) is 3.73. The third-order valence-corrected chi connectivity index (χ3v) is 4.50. The first-order valence-electron chi connectivity index (χ1n) is 9.16. The summed E-state index contributed by atoms with van der Waals surface area (Å²) in [4.78, 5) is 12.3. The van der Waals surface area contributed by atoms with Crippen molar-refractivity contribution in [1.82, 2.24) is 20.4 Å². The van der Waals surface area contributed by atoms with Crippen LogP contribution in [0.4, 0.5) is 13.6 Å². The number of halogens is 2. The van der Waals surface area contributed by atoms with Crippen molar-refractivity contribution in [3.05, 3.63) is 71.6 Å². The number of nitrogens with one attached hydrogen (secondary N) is 2. The Hall–Kier alpha value is -3.62. The number of urea groups is 1. The number of ether oxygens (including phenoxy) is 2. The van der Waals surface area contributed by atoms with E-state index in [1.807, 2.05) is 6.92 Å². The highest BCUT2D eigenvalue weighted by atomic mass is 19.1. The van der Waals surface area contributed by atoms with E-state index in [1.54, 1.807) is 38.6 Å². The highest BCUT2D eigenvalue weighted by molar-refractivity contribution is 5.74. The first-order valence-corrected chi connectivity index (χ1v) is 9.16. The Labute approximate surface area is 172 Å². The Morgan fingerprint density at radius 2 is 1.97 bits per heavy atom. The van der Waals surface area contributed by atoms with Crippen LogP contribution >= 0.6 is 0 Å². The number of carbonyl (C=O) groups is 1. The van der Waals surface area contributed by atoms with Crippen LogP contribution < -0.4 is 20.1 Å². The van der Waals surface area contributed by atoms with E-state index in [1.165, 1.54) is 16.9 Å². The third-order valence-electron chi connectivity index (χ3n) is 4.50. The molecule has 2 N–H and O–H groups in total. The molecule has 1 heterocycles. The van der Waals surface area contributed by atoms with Gasteiger partial charge in [0, 0.05) is 29.9 Å². The van der Waals surface area contributed by atoms with Gasteiger partial charge in [0.1, 0.15) is 23.0 Å². The topological polar surface area (TPSA) is 77.4 Å². The molecule has 1 atom stereocenters. The third kappa shape index (κ3) is 4.86. The summed E-state index contributed by atoms with van der Waals surface area (Å²) in [7, 11) is 3.12. The highest BCUT2D eigenvalue weighted by Gasteiger charge is 2.15. The van der Waals surface area contributed by atoms with Crippen molar-refractivity contribution in [2.45, 2.75) is 19.5 Å².